The van der Waals surface area contributed by atoms with Crippen molar-refractivity contribution < 1.29 is 4.84 Å². The third-order valence-electron chi connectivity index (χ3n) is 1.10. The number of aromatic nitrogens is 2. The minimum Gasteiger partial charge on any atom is -0.395 e. The van der Waals surface area contributed by atoms with Crippen LogP contribution < -0.4 is 10.6 Å². The highest BCUT2D eigenvalue weighted by atomic mass is 35.5. The molecule has 0 unspecified atom stereocenters. The summed E-state index contributed by atoms with van der Waals surface area (Å²) in [6.07, 6.45) is 1.25. The Morgan fingerprint density at radius 1 is 1.83 bits per heavy atom. The molecule has 0 saturated heterocycles. The lowest BCUT2D eigenvalue weighted by Crippen LogP contribution is -2.14. The third-order valence-corrected chi connectivity index (χ3v) is 1.10. The third kappa shape index (κ3) is 1.85. The minimum atomic E-state index is 0. The van der Waals surface area contributed by atoms with Crippen LogP contribution in [0.4, 0.5) is 11.5 Å². The van der Waals surface area contributed by atoms with Crippen molar-refractivity contribution in [3.8, 4) is 0 Å². The van der Waals surface area contributed by atoms with Gasteiger partial charge in [-0.1, -0.05) is 4.85 Å². The largest absolute Gasteiger partial charge is 0.395 e. The minimum absolute atomic E-state index is 0. The number of rotatable bonds is 3. The molecule has 0 aromatic carbocycles. The molecule has 7 heteroatoms. The van der Waals surface area contributed by atoms with Crippen LogP contribution in [0.25, 0.3) is 0 Å². The van der Waals surface area contributed by atoms with Gasteiger partial charge in [0.15, 0.2) is 11.5 Å². The molecular weight excluding hydrogens is 184 g/mol. The lowest BCUT2D eigenvalue weighted by molar-refractivity contribution is 0.0978. The van der Waals surface area contributed by atoms with Gasteiger partial charge in [0.1, 0.15) is 6.61 Å². The van der Waals surface area contributed by atoms with Gasteiger partial charge in [0.2, 0.25) is 0 Å². The SMILES string of the molecule is CCOn1ncc(N=O)c1N.Cl. The van der Waals surface area contributed by atoms with E-state index in [1.54, 1.807) is 6.92 Å². The monoisotopic (exact) mass is 192 g/mol. The first-order valence-electron chi connectivity index (χ1n) is 3.09. The smallest absolute Gasteiger partial charge is 0.192 e. The number of halogens is 1. The fraction of sp³-hybridized carbons (Fsp3) is 0.400. The standard InChI is InChI=1S/C5H8N4O2.ClH/c1-2-11-9-5(6)4(8-10)3-7-9;/h3H,2,6H2,1H3;1H. The van der Waals surface area contributed by atoms with E-state index in [2.05, 4.69) is 10.3 Å². The zero-order valence-electron chi connectivity index (χ0n) is 6.43. The number of nitrogens with zero attached hydrogens (tertiary/aromatic N) is 3. The van der Waals surface area contributed by atoms with Crippen LogP contribution in [0.15, 0.2) is 11.4 Å². The van der Waals surface area contributed by atoms with Crippen LogP contribution >= 0.6 is 12.4 Å². The van der Waals surface area contributed by atoms with E-state index in [0.717, 1.165) is 4.85 Å². The van der Waals surface area contributed by atoms with Crippen LogP contribution in [-0.4, -0.2) is 16.6 Å². The molecule has 2 N–H and O–H groups in total. The highest BCUT2D eigenvalue weighted by Crippen LogP contribution is 2.18. The Balaban J connectivity index is 0.00000121. The summed E-state index contributed by atoms with van der Waals surface area (Å²) in [5.74, 6) is 0.127. The summed E-state index contributed by atoms with van der Waals surface area (Å²) in [7, 11) is 0. The summed E-state index contributed by atoms with van der Waals surface area (Å²) in [5, 5.41) is 6.29. The Morgan fingerprint density at radius 2 is 2.50 bits per heavy atom. The molecule has 1 aromatic heterocycles. The van der Waals surface area contributed by atoms with Gasteiger partial charge in [-0.3, -0.25) is 0 Å². The van der Waals surface area contributed by atoms with E-state index in [1.165, 1.54) is 6.20 Å². The number of nitrogen functional groups attached to an aromatic ring is 1. The Morgan fingerprint density at radius 3 is 2.92 bits per heavy atom. The molecule has 0 amide bonds. The molecule has 0 fully saturated rings. The molecule has 0 atom stereocenters. The second-order valence-corrected chi connectivity index (χ2v) is 1.80. The maximum absolute atomic E-state index is 10.0. The van der Waals surface area contributed by atoms with Gasteiger partial charge >= 0.3 is 0 Å². The first-order chi connectivity index (χ1) is 5.29. The zero-order chi connectivity index (χ0) is 8.27. The van der Waals surface area contributed by atoms with Gasteiger partial charge in [-0.05, 0) is 12.1 Å². The van der Waals surface area contributed by atoms with Crippen molar-refractivity contribution in [2.75, 3.05) is 12.3 Å². The average Bonchev–Trinajstić information content (AvgIpc) is 2.34. The number of hydrogen-bond acceptors (Lipinski definition) is 5. The molecule has 0 aliphatic heterocycles. The van der Waals surface area contributed by atoms with Crippen molar-refractivity contribution in [2.45, 2.75) is 6.92 Å². The van der Waals surface area contributed by atoms with Crippen molar-refractivity contribution in [3.05, 3.63) is 11.1 Å². The van der Waals surface area contributed by atoms with E-state index in [4.69, 9.17) is 10.6 Å². The normalized spacial score (nSPS) is 8.75. The lowest BCUT2D eigenvalue weighted by atomic mass is 10.5. The van der Waals surface area contributed by atoms with Crippen molar-refractivity contribution in [1.82, 2.24) is 9.94 Å². The predicted molar refractivity (Wildman–Crippen MR) is 46.5 cm³/mol. The number of nitroso groups, excluding NO2 is 1. The summed E-state index contributed by atoms with van der Waals surface area (Å²) < 4.78 is 0. The molecule has 6 nitrogen and oxygen atoms in total. The fourth-order valence-corrected chi connectivity index (χ4v) is 0.629. The number of nitrogens with two attached hydrogens (primary N) is 1. The van der Waals surface area contributed by atoms with E-state index in [0.29, 0.717) is 6.61 Å². The van der Waals surface area contributed by atoms with Crippen molar-refractivity contribution in [3.63, 3.8) is 0 Å². The molecule has 0 bridgehead atoms. The molecule has 0 radical (unpaired) electrons. The summed E-state index contributed by atoms with van der Waals surface area (Å²) in [5.41, 5.74) is 5.48. The fourth-order valence-electron chi connectivity index (χ4n) is 0.629. The topological polar surface area (TPSA) is 82.5 Å². The highest BCUT2D eigenvalue weighted by Gasteiger charge is 2.06. The molecule has 0 aliphatic rings. The second-order valence-electron chi connectivity index (χ2n) is 1.80. The quantitative estimate of drug-likeness (QED) is 0.716. The maximum Gasteiger partial charge on any atom is 0.192 e. The van der Waals surface area contributed by atoms with Gasteiger partial charge in [0.25, 0.3) is 0 Å². The maximum atomic E-state index is 10.0. The highest BCUT2D eigenvalue weighted by molar-refractivity contribution is 5.85. The van der Waals surface area contributed by atoms with Crippen molar-refractivity contribution in [2.24, 2.45) is 5.18 Å². The summed E-state index contributed by atoms with van der Waals surface area (Å²) >= 11 is 0. The van der Waals surface area contributed by atoms with E-state index >= 15 is 0 Å². The van der Waals surface area contributed by atoms with Crippen LogP contribution in [-0.2, 0) is 0 Å². The Hall–Kier alpha value is -1.30. The van der Waals surface area contributed by atoms with Gasteiger partial charge in [0, 0.05) is 0 Å². The first kappa shape index (κ1) is 10.7. The molecule has 0 aliphatic carbocycles. The van der Waals surface area contributed by atoms with E-state index in [9.17, 15) is 4.91 Å². The zero-order valence-corrected chi connectivity index (χ0v) is 7.24. The van der Waals surface area contributed by atoms with Gasteiger partial charge in [-0.2, -0.15) is 0 Å². The second kappa shape index (κ2) is 4.55. The molecule has 1 rings (SSSR count). The molecule has 0 saturated carbocycles. The van der Waals surface area contributed by atoms with Crippen LogP contribution in [0.1, 0.15) is 6.92 Å². The van der Waals surface area contributed by atoms with Crippen molar-refractivity contribution in [1.29, 1.82) is 0 Å². The van der Waals surface area contributed by atoms with Gasteiger partial charge in [-0.15, -0.1) is 22.4 Å². The van der Waals surface area contributed by atoms with E-state index < -0.39 is 0 Å². The molecule has 1 heterocycles. The Labute approximate surface area is 75.0 Å². The molecule has 12 heavy (non-hydrogen) atoms. The van der Waals surface area contributed by atoms with Gasteiger partial charge < -0.3 is 10.6 Å². The van der Waals surface area contributed by atoms with Crippen LogP contribution in [0.5, 0.6) is 0 Å². The van der Waals surface area contributed by atoms with Crippen LogP contribution in [0.2, 0.25) is 0 Å². The lowest BCUT2D eigenvalue weighted by Gasteiger charge is -2.01. The van der Waals surface area contributed by atoms with Gasteiger partial charge in [-0.25, -0.2) is 0 Å². The number of anilines is 1. The molecular formula is C5H9ClN4O2. The number of hydrogen-bond donors (Lipinski definition) is 1. The molecule has 68 valence electrons. The van der Waals surface area contributed by atoms with E-state index in [1.807, 2.05) is 0 Å². The Kier molecular flexibility index (Phi) is 4.06. The van der Waals surface area contributed by atoms with E-state index in [-0.39, 0.29) is 23.9 Å². The summed E-state index contributed by atoms with van der Waals surface area (Å²) in [4.78, 5) is 16.0. The first-order valence-corrected chi connectivity index (χ1v) is 3.09. The average molecular weight is 193 g/mol. The van der Waals surface area contributed by atoms with Crippen molar-refractivity contribution >= 4 is 23.9 Å². The molecule has 0 spiro atoms. The van der Waals surface area contributed by atoms with Crippen LogP contribution in [0.3, 0.4) is 0 Å². The van der Waals surface area contributed by atoms with Gasteiger partial charge in [0.05, 0.1) is 6.20 Å². The summed E-state index contributed by atoms with van der Waals surface area (Å²) in [6, 6.07) is 0. The Bertz CT molecular complexity index is 262. The van der Waals surface area contributed by atoms with Crippen LogP contribution in [0, 0.1) is 4.91 Å². The predicted octanol–water partition coefficient (Wildman–Crippen LogP) is 0.733. The summed E-state index contributed by atoms with van der Waals surface area (Å²) in [6.45, 7) is 2.22. The molecule has 1 aromatic rings.